The molecule has 1 aromatic heterocycles. The quantitative estimate of drug-likeness (QED) is 0.731. The van der Waals surface area contributed by atoms with Crippen LogP contribution >= 0.6 is 0 Å². The molecule has 1 unspecified atom stereocenters. The molecule has 0 aliphatic carbocycles. The number of aliphatic hydroxyl groups is 1. The zero-order chi connectivity index (χ0) is 10.6. The highest BCUT2D eigenvalue weighted by atomic mass is 16.3. The number of nitrogens with zero attached hydrogens (tertiary/aromatic N) is 2. The van der Waals surface area contributed by atoms with E-state index in [-0.39, 0.29) is 0 Å². The highest BCUT2D eigenvalue weighted by Crippen LogP contribution is 2.12. The second-order valence-electron chi connectivity index (χ2n) is 3.81. The number of aliphatic hydroxyl groups excluding tert-OH is 1. The average Bonchev–Trinajstić information content (AvgIpc) is 2.62. The van der Waals surface area contributed by atoms with Crippen molar-refractivity contribution in [1.82, 2.24) is 9.55 Å². The molecule has 4 heteroatoms. The van der Waals surface area contributed by atoms with Crippen LogP contribution in [0.3, 0.4) is 0 Å². The molecule has 0 spiro atoms. The minimum Gasteiger partial charge on any atom is -0.392 e. The highest BCUT2D eigenvalue weighted by molar-refractivity contribution is 4.97. The zero-order valence-electron chi connectivity index (χ0n) is 8.85. The molecule has 1 rings (SSSR count). The van der Waals surface area contributed by atoms with Gasteiger partial charge in [0.1, 0.15) is 5.82 Å². The number of aryl methyl sites for hydroxylation is 1. The van der Waals surface area contributed by atoms with Gasteiger partial charge in [-0.25, -0.2) is 4.98 Å². The van der Waals surface area contributed by atoms with Crippen LogP contribution in [-0.2, 0) is 6.54 Å². The molecule has 0 amide bonds. The molecule has 0 aliphatic heterocycles. The molecule has 0 fully saturated rings. The van der Waals surface area contributed by atoms with Crippen molar-refractivity contribution in [2.75, 3.05) is 6.54 Å². The van der Waals surface area contributed by atoms with Crippen molar-refractivity contribution in [3.05, 3.63) is 18.2 Å². The zero-order valence-corrected chi connectivity index (χ0v) is 8.85. The van der Waals surface area contributed by atoms with E-state index in [0.717, 1.165) is 12.4 Å². The van der Waals surface area contributed by atoms with Gasteiger partial charge in [-0.1, -0.05) is 13.8 Å². The van der Waals surface area contributed by atoms with Gasteiger partial charge in [-0.3, -0.25) is 0 Å². The summed E-state index contributed by atoms with van der Waals surface area (Å²) in [6.07, 6.45) is 4.02. The monoisotopic (exact) mass is 197 g/mol. The predicted octanol–water partition coefficient (Wildman–Crippen LogP) is 0.716. The summed E-state index contributed by atoms with van der Waals surface area (Å²) in [6.45, 7) is 5.33. The van der Waals surface area contributed by atoms with Crippen molar-refractivity contribution < 1.29 is 5.11 Å². The third-order valence-electron chi connectivity index (χ3n) is 2.24. The van der Waals surface area contributed by atoms with Crippen LogP contribution in [0.15, 0.2) is 12.4 Å². The summed E-state index contributed by atoms with van der Waals surface area (Å²) in [5.41, 5.74) is 5.33. The molecule has 1 atom stereocenters. The lowest BCUT2D eigenvalue weighted by Gasteiger charge is -2.12. The van der Waals surface area contributed by atoms with E-state index in [1.807, 2.05) is 6.20 Å². The standard InChI is InChI=1S/C10H19N3O/c1-8(2)10-12-4-6-13(10)5-3-9(14)7-11/h4,6,8-9,14H,3,5,7,11H2,1-2H3. The van der Waals surface area contributed by atoms with Crippen molar-refractivity contribution >= 4 is 0 Å². The summed E-state index contributed by atoms with van der Waals surface area (Å²) in [4.78, 5) is 4.27. The first-order chi connectivity index (χ1) is 6.65. The van der Waals surface area contributed by atoms with E-state index in [4.69, 9.17) is 5.73 Å². The van der Waals surface area contributed by atoms with Crippen LogP contribution in [0.2, 0.25) is 0 Å². The van der Waals surface area contributed by atoms with Gasteiger partial charge in [0.15, 0.2) is 0 Å². The van der Waals surface area contributed by atoms with E-state index in [0.29, 0.717) is 18.9 Å². The summed E-state index contributed by atoms with van der Waals surface area (Å²) in [6, 6.07) is 0. The van der Waals surface area contributed by atoms with Crippen LogP contribution < -0.4 is 5.73 Å². The molecule has 0 aromatic carbocycles. The SMILES string of the molecule is CC(C)c1nccn1CCC(O)CN. The molecule has 4 nitrogen and oxygen atoms in total. The van der Waals surface area contributed by atoms with Gasteiger partial charge in [0, 0.05) is 31.4 Å². The second kappa shape index (κ2) is 5.12. The van der Waals surface area contributed by atoms with Crippen molar-refractivity contribution in [2.24, 2.45) is 5.73 Å². The Morgan fingerprint density at radius 3 is 2.86 bits per heavy atom. The number of nitrogens with two attached hydrogens (primary N) is 1. The minimum atomic E-state index is -0.405. The number of imidazole rings is 1. The maximum absolute atomic E-state index is 9.33. The summed E-state index contributed by atoms with van der Waals surface area (Å²) in [7, 11) is 0. The number of aromatic nitrogens is 2. The van der Waals surface area contributed by atoms with Gasteiger partial charge in [0.2, 0.25) is 0 Å². The molecule has 80 valence electrons. The number of hydrogen-bond donors (Lipinski definition) is 2. The first kappa shape index (κ1) is 11.2. The maximum atomic E-state index is 9.33. The van der Waals surface area contributed by atoms with Crippen LogP contribution in [0.1, 0.15) is 32.0 Å². The first-order valence-electron chi connectivity index (χ1n) is 5.04. The van der Waals surface area contributed by atoms with E-state index < -0.39 is 6.10 Å². The van der Waals surface area contributed by atoms with Gasteiger partial charge in [0.05, 0.1) is 6.10 Å². The maximum Gasteiger partial charge on any atom is 0.111 e. The third kappa shape index (κ3) is 2.82. The molecule has 0 aliphatic rings. The predicted molar refractivity (Wildman–Crippen MR) is 56.0 cm³/mol. The molecule has 0 radical (unpaired) electrons. The van der Waals surface area contributed by atoms with Crippen LogP contribution in [0.4, 0.5) is 0 Å². The fraction of sp³-hybridized carbons (Fsp3) is 0.700. The third-order valence-corrected chi connectivity index (χ3v) is 2.24. The molecule has 0 saturated carbocycles. The average molecular weight is 197 g/mol. The van der Waals surface area contributed by atoms with Crippen LogP contribution in [-0.4, -0.2) is 27.3 Å². The second-order valence-corrected chi connectivity index (χ2v) is 3.81. The molecular weight excluding hydrogens is 178 g/mol. The van der Waals surface area contributed by atoms with Gasteiger partial charge in [0.25, 0.3) is 0 Å². The van der Waals surface area contributed by atoms with Crippen molar-refractivity contribution in [3.63, 3.8) is 0 Å². The Hall–Kier alpha value is -0.870. The van der Waals surface area contributed by atoms with Crippen molar-refractivity contribution in [1.29, 1.82) is 0 Å². The fourth-order valence-corrected chi connectivity index (χ4v) is 1.42. The normalized spacial score (nSPS) is 13.5. The van der Waals surface area contributed by atoms with Gasteiger partial charge in [-0.2, -0.15) is 0 Å². The summed E-state index contributed by atoms with van der Waals surface area (Å²) >= 11 is 0. The Labute approximate surface area is 84.8 Å². The fourth-order valence-electron chi connectivity index (χ4n) is 1.42. The topological polar surface area (TPSA) is 64.1 Å². The van der Waals surface area contributed by atoms with Gasteiger partial charge in [-0.15, -0.1) is 0 Å². The Balaban J connectivity index is 2.54. The molecule has 3 N–H and O–H groups in total. The Kier molecular flexibility index (Phi) is 4.10. The molecule has 1 aromatic rings. The van der Waals surface area contributed by atoms with E-state index >= 15 is 0 Å². The van der Waals surface area contributed by atoms with Gasteiger partial charge >= 0.3 is 0 Å². The van der Waals surface area contributed by atoms with Gasteiger partial charge < -0.3 is 15.4 Å². The van der Waals surface area contributed by atoms with E-state index in [9.17, 15) is 5.11 Å². The van der Waals surface area contributed by atoms with E-state index in [2.05, 4.69) is 23.4 Å². The summed E-state index contributed by atoms with van der Waals surface area (Å²) in [5, 5.41) is 9.33. The number of hydrogen-bond acceptors (Lipinski definition) is 3. The van der Waals surface area contributed by atoms with Crippen molar-refractivity contribution in [2.45, 2.75) is 38.8 Å². The van der Waals surface area contributed by atoms with Crippen LogP contribution in [0.5, 0.6) is 0 Å². The van der Waals surface area contributed by atoms with Gasteiger partial charge in [-0.05, 0) is 6.42 Å². The molecule has 14 heavy (non-hydrogen) atoms. The molecule has 0 bridgehead atoms. The first-order valence-corrected chi connectivity index (χ1v) is 5.04. The van der Waals surface area contributed by atoms with Crippen LogP contribution in [0, 0.1) is 0 Å². The minimum absolute atomic E-state index is 0.325. The Morgan fingerprint density at radius 1 is 1.57 bits per heavy atom. The molecule has 1 heterocycles. The largest absolute Gasteiger partial charge is 0.392 e. The highest BCUT2D eigenvalue weighted by Gasteiger charge is 2.08. The lowest BCUT2D eigenvalue weighted by Crippen LogP contribution is -2.21. The van der Waals surface area contributed by atoms with E-state index in [1.165, 1.54) is 0 Å². The Morgan fingerprint density at radius 2 is 2.29 bits per heavy atom. The number of rotatable bonds is 5. The lowest BCUT2D eigenvalue weighted by atomic mass is 10.2. The van der Waals surface area contributed by atoms with Crippen molar-refractivity contribution in [3.8, 4) is 0 Å². The summed E-state index contributed by atoms with van der Waals surface area (Å²) < 4.78 is 2.07. The van der Waals surface area contributed by atoms with E-state index in [1.54, 1.807) is 6.20 Å². The molecular formula is C10H19N3O. The van der Waals surface area contributed by atoms with Crippen LogP contribution in [0.25, 0.3) is 0 Å². The lowest BCUT2D eigenvalue weighted by molar-refractivity contribution is 0.166. The Bertz CT molecular complexity index is 270. The summed E-state index contributed by atoms with van der Waals surface area (Å²) in [5.74, 6) is 1.48. The molecule has 0 saturated heterocycles. The smallest absolute Gasteiger partial charge is 0.111 e.